The van der Waals surface area contributed by atoms with Crippen LogP contribution >= 0.6 is 11.6 Å². The fraction of sp³-hybridized carbons (Fsp3) is 0.458. The number of hydrogen-bond donors (Lipinski definition) is 1. The predicted molar refractivity (Wildman–Crippen MR) is 125 cm³/mol. The van der Waals surface area contributed by atoms with Crippen LogP contribution in [0.1, 0.15) is 50.8 Å². The highest BCUT2D eigenvalue weighted by molar-refractivity contribution is 6.33. The fourth-order valence-electron chi connectivity index (χ4n) is 4.46. The number of rotatable bonds is 5. The Labute approximate surface area is 193 Å². The molecule has 1 aromatic heterocycles. The molecule has 1 aromatic carbocycles. The number of aromatic nitrogens is 1. The van der Waals surface area contributed by atoms with E-state index in [1.807, 2.05) is 51.1 Å². The Hall–Kier alpha value is -2.80. The fourth-order valence-corrected chi connectivity index (χ4v) is 4.77. The van der Waals surface area contributed by atoms with Gasteiger partial charge in [-0.2, -0.15) is 0 Å². The Morgan fingerprint density at radius 3 is 2.69 bits per heavy atom. The number of cyclic esters (lactones) is 1. The molecule has 1 fully saturated rings. The van der Waals surface area contributed by atoms with Gasteiger partial charge in [0.25, 0.3) is 0 Å². The first-order chi connectivity index (χ1) is 15.3. The lowest BCUT2D eigenvalue weighted by Gasteiger charge is -2.41. The molecule has 1 atom stereocenters. The van der Waals surface area contributed by atoms with Crippen molar-refractivity contribution in [3.8, 4) is 0 Å². The average Bonchev–Trinajstić information content (AvgIpc) is 2.74. The number of ether oxygens (including phenoxy) is 1. The number of piperidine rings is 1. The predicted octanol–water partition coefficient (Wildman–Crippen LogP) is 4.49. The number of benzene rings is 1. The van der Waals surface area contributed by atoms with E-state index in [0.717, 1.165) is 42.7 Å². The van der Waals surface area contributed by atoms with Gasteiger partial charge in [0, 0.05) is 36.9 Å². The molecule has 3 heterocycles. The smallest absolute Gasteiger partial charge is 0.415 e. The van der Waals surface area contributed by atoms with Gasteiger partial charge in [0.15, 0.2) is 0 Å². The van der Waals surface area contributed by atoms with E-state index in [1.54, 1.807) is 11.1 Å². The molecule has 1 N–H and O–H groups in total. The topological polar surface area (TPSA) is 74.8 Å². The van der Waals surface area contributed by atoms with Crippen molar-refractivity contribution in [2.45, 2.75) is 58.2 Å². The molecule has 0 bridgehead atoms. The number of amides is 2. The van der Waals surface area contributed by atoms with Crippen LogP contribution in [0, 0.1) is 0 Å². The number of nitrogens with zero attached hydrogens (tertiary/aromatic N) is 3. The van der Waals surface area contributed by atoms with E-state index in [0.29, 0.717) is 10.8 Å². The van der Waals surface area contributed by atoms with Crippen LogP contribution in [0.4, 0.5) is 16.3 Å². The molecule has 2 aliphatic heterocycles. The van der Waals surface area contributed by atoms with Crippen LogP contribution in [0.15, 0.2) is 36.5 Å². The molecule has 2 aliphatic rings. The third kappa shape index (κ3) is 4.67. The summed E-state index contributed by atoms with van der Waals surface area (Å²) in [6.07, 6.45) is 3.02. The third-order valence-corrected chi connectivity index (χ3v) is 6.21. The Kier molecular flexibility index (Phi) is 6.55. The maximum atomic E-state index is 12.7. The highest BCUT2D eigenvalue weighted by Crippen LogP contribution is 2.38. The molecule has 2 amide bonds. The number of hydrogen-bond acceptors (Lipinski definition) is 5. The monoisotopic (exact) mass is 456 g/mol. The first-order valence-electron chi connectivity index (χ1n) is 11.1. The highest BCUT2D eigenvalue weighted by Gasteiger charge is 2.36. The van der Waals surface area contributed by atoms with Crippen molar-refractivity contribution in [3.05, 3.63) is 52.7 Å². The minimum absolute atomic E-state index is 0.0468. The van der Waals surface area contributed by atoms with Crippen LogP contribution in [0.3, 0.4) is 0 Å². The summed E-state index contributed by atoms with van der Waals surface area (Å²) in [7, 11) is 0. The van der Waals surface area contributed by atoms with Gasteiger partial charge in [0.2, 0.25) is 5.91 Å². The van der Waals surface area contributed by atoms with Crippen molar-refractivity contribution in [2.75, 3.05) is 22.9 Å². The lowest BCUT2D eigenvalue weighted by molar-refractivity contribution is -0.120. The number of para-hydroxylation sites is 1. The third-order valence-electron chi connectivity index (χ3n) is 5.93. The Morgan fingerprint density at radius 2 is 2.00 bits per heavy atom. The summed E-state index contributed by atoms with van der Waals surface area (Å²) in [5, 5.41) is 3.41. The van der Waals surface area contributed by atoms with Gasteiger partial charge in [-0.15, -0.1) is 0 Å². The van der Waals surface area contributed by atoms with E-state index in [2.05, 4.69) is 15.2 Å². The maximum absolute atomic E-state index is 12.7. The molecule has 2 aromatic rings. The van der Waals surface area contributed by atoms with Gasteiger partial charge in [0.1, 0.15) is 11.9 Å². The van der Waals surface area contributed by atoms with Crippen molar-refractivity contribution in [1.82, 2.24) is 10.3 Å². The normalized spacial score (nSPS) is 19.0. The van der Waals surface area contributed by atoms with Gasteiger partial charge in [-0.25, -0.2) is 9.78 Å². The molecule has 7 nitrogen and oxygen atoms in total. The molecule has 0 saturated carbocycles. The number of carbonyl (C=O) groups excluding carboxylic acids is 2. The first-order valence-corrected chi connectivity index (χ1v) is 11.5. The van der Waals surface area contributed by atoms with Gasteiger partial charge in [-0.05, 0) is 51.3 Å². The molecule has 1 saturated heterocycles. The van der Waals surface area contributed by atoms with E-state index >= 15 is 0 Å². The maximum Gasteiger partial charge on any atom is 0.415 e. The second-order valence-corrected chi connectivity index (χ2v) is 9.13. The van der Waals surface area contributed by atoms with Crippen LogP contribution in [0.2, 0.25) is 5.02 Å². The second-order valence-electron chi connectivity index (χ2n) is 8.72. The number of carbonyl (C=O) groups is 2. The molecule has 1 unspecified atom stereocenters. The molecule has 8 heteroatoms. The largest absolute Gasteiger partial charge is 0.441 e. The number of pyridine rings is 1. The lowest BCUT2D eigenvalue weighted by Crippen LogP contribution is -2.50. The van der Waals surface area contributed by atoms with Crippen molar-refractivity contribution in [3.63, 3.8) is 0 Å². The number of nitrogens with one attached hydrogen (secondary N) is 1. The molecule has 32 heavy (non-hydrogen) atoms. The highest BCUT2D eigenvalue weighted by atomic mass is 35.5. The van der Waals surface area contributed by atoms with Crippen LogP contribution in [-0.2, 0) is 16.0 Å². The number of anilines is 2. The van der Waals surface area contributed by atoms with Gasteiger partial charge < -0.3 is 15.0 Å². The van der Waals surface area contributed by atoms with Crippen molar-refractivity contribution < 1.29 is 14.3 Å². The summed E-state index contributed by atoms with van der Waals surface area (Å²) in [6, 6.07) is 9.91. The summed E-state index contributed by atoms with van der Waals surface area (Å²) in [6.45, 7) is 7.22. The summed E-state index contributed by atoms with van der Waals surface area (Å²) < 4.78 is 5.59. The Morgan fingerprint density at radius 1 is 1.28 bits per heavy atom. The summed E-state index contributed by atoms with van der Waals surface area (Å²) in [5.41, 5.74) is 2.76. The molecular weight excluding hydrogens is 428 g/mol. The second kappa shape index (κ2) is 9.36. The minimum Gasteiger partial charge on any atom is -0.441 e. The zero-order valence-corrected chi connectivity index (χ0v) is 19.4. The van der Waals surface area contributed by atoms with Crippen molar-refractivity contribution in [1.29, 1.82) is 0 Å². The first kappa shape index (κ1) is 22.4. The average molecular weight is 457 g/mol. The van der Waals surface area contributed by atoms with Crippen LogP contribution < -0.4 is 15.1 Å². The zero-order chi connectivity index (χ0) is 22.8. The lowest BCUT2D eigenvalue weighted by atomic mass is 9.99. The van der Waals surface area contributed by atoms with Gasteiger partial charge in [0.05, 0.1) is 17.1 Å². The molecule has 0 aliphatic carbocycles. The molecule has 0 radical (unpaired) electrons. The number of fused-ring (bicyclic) bond motifs is 1. The van der Waals surface area contributed by atoms with E-state index in [-0.39, 0.29) is 36.6 Å². The van der Waals surface area contributed by atoms with Crippen molar-refractivity contribution >= 4 is 35.1 Å². The minimum atomic E-state index is -0.283. The Bertz CT molecular complexity index is 1000. The summed E-state index contributed by atoms with van der Waals surface area (Å²) in [5.74, 6) is 0.669. The number of halogens is 1. The van der Waals surface area contributed by atoms with Crippen LogP contribution in [0.25, 0.3) is 0 Å². The molecule has 4 rings (SSSR count). The zero-order valence-electron chi connectivity index (χ0n) is 18.7. The van der Waals surface area contributed by atoms with Crippen LogP contribution in [0.5, 0.6) is 0 Å². The molecule has 0 spiro atoms. The summed E-state index contributed by atoms with van der Waals surface area (Å²) >= 11 is 6.52. The standard InChI is InChI=1S/C24H29ClN4O3/c1-15(2)27-22(30)13-17-12-20(25)23(26-14-17)28-10-8-18(9-11-28)29-21-7-5-4-6-19(21)16(3)32-24(29)31/h4-7,12,14-16,18H,8-11,13H2,1-3H3,(H,27,30). The quantitative estimate of drug-likeness (QED) is 0.717. The van der Waals surface area contributed by atoms with Gasteiger partial charge in [-0.1, -0.05) is 29.8 Å². The van der Waals surface area contributed by atoms with Crippen LogP contribution in [-0.4, -0.2) is 42.2 Å². The van der Waals surface area contributed by atoms with E-state index < -0.39 is 0 Å². The van der Waals surface area contributed by atoms with Gasteiger partial charge in [-0.3, -0.25) is 9.69 Å². The molecule has 170 valence electrons. The van der Waals surface area contributed by atoms with Crippen molar-refractivity contribution in [2.24, 2.45) is 0 Å². The summed E-state index contributed by atoms with van der Waals surface area (Å²) in [4.78, 5) is 33.2. The van der Waals surface area contributed by atoms with Gasteiger partial charge >= 0.3 is 6.09 Å². The Balaban J connectivity index is 1.42. The molecular formula is C24H29ClN4O3. The van der Waals surface area contributed by atoms with E-state index in [1.165, 1.54) is 0 Å². The van der Waals surface area contributed by atoms with E-state index in [9.17, 15) is 9.59 Å². The SMILES string of the molecule is CC(C)NC(=O)Cc1cnc(N2CCC(N3C(=O)OC(C)c4ccccc43)CC2)c(Cl)c1. The van der Waals surface area contributed by atoms with E-state index in [4.69, 9.17) is 16.3 Å².